The van der Waals surface area contributed by atoms with Gasteiger partial charge in [0.1, 0.15) is 18.0 Å². The Morgan fingerprint density at radius 3 is 2.52 bits per heavy atom. The average Bonchev–Trinajstić information content (AvgIpc) is 2.96. The molecule has 9 heteroatoms. The molecule has 0 saturated carbocycles. The van der Waals surface area contributed by atoms with Gasteiger partial charge in [-0.3, -0.25) is 0 Å². The predicted molar refractivity (Wildman–Crippen MR) is 112 cm³/mol. The van der Waals surface area contributed by atoms with Gasteiger partial charge in [-0.2, -0.15) is 4.98 Å². The van der Waals surface area contributed by atoms with Gasteiger partial charge in [0.25, 0.3) is 0 Å². The number of aromatic hydroxyl groups is 1. The minimum Gasteiger partial charge on any atom is -0.492 e. The summed E-state index contributed by atoms with van der Waals surface area (Å²) >= 11 is 0. The number of benzene rings is 1. The SMILES string of the molecule is Br.Br.Oc1ncnc2nc(CC3CCNCC3)n(Cc3ccc(F)cc3)c12. The molecular formula is C18H22Br2FN5O. The van der Waals surface area contributed by atoms with E-state index in [-0.39, 0.29) is 45.7 Å². The second kappa shape index (κ2) is 9.57. The highest BCUT2D eigenvalue weighted by molar-refractivity contribution is 8.93. The Kier molecular flexibility index (Phi) is 7.69. The fraction of sp³-hybridized carbons (Fsp3) is 0.389. The van der Waals surface area contributed by atoms with Crippen molar-refractivity contribution in [3.8, 4) is 5.88 Å². The first-order chi connectivity index (χ1) is 12.2. The number of hydrogen-bond donors (Lipinski definition) is 2. The van der Waals surface area contributed by atoms with E-state index in [1.165, 1.54) is 18.5 Å². The minimum atomic E-state index is -0.264. The number of fused-ring (bicyclic) bond motifs is 1. The van der Waals surface area contributed by atoms with Gasteiger partial charge >= 0.3 is 0 Å². The Morgan fingerprint density at radius 1 is 1.11 bits per heavy atom. The normalized spacial score (nSPS) is 14.6. The molecule has 6 nitrogen and oxygen atoms in total. The molecule has 2 aromatic heterocycles. The van der Waals surface area contributed by atoms with E-state index in [4.69, 9.17) is 0 Å². The molecule has 1 aromatic carbocycles. The van der Waals surface area contributed by atoms with E-state index in [2.05, 4.69) is 20.3 Å². The van der Waals surface area contributed by atoms with Crippen LogP contribution in [0.2, 0.25) is 0 Å². The van der Waals surface area contributed by atoms with E-state index in [9.17, 15) is 9.50 Å². The van der Waals surface area contributed by atoms with Crippen molar-refractivity contribution in [3.63, 3.8) is 0 Å². The lowest BCUT2D eigenvalue weighted by molar-refractivity contribution is 0.364. The van der Waals surface area contributed by atoms with Crippen LogP contribution >= 0.6 is 34.0 Å². The first kappa shape index (κ1) is 21.7. The van der Waals surface area contributed by atoms with Crippen LogP contribution in [-0.2, 0) is 13.0 Å². The van der Waals surface area contributed by atoms with Gasteiger partial charge in [-0.15, -0.1) is 34.0 Å². The van der Waals surface area contributed by atoms with Crippen molar-refractivity contribution >= 4 is 45.1 Å². The number of piperidine rings is 1. The zero-order chi connectivity index (χ0) is 17.2. The van der Waals surface area contributed by atoms with Crippen molar-refractivity contribution in [2.45, 2.75) is 25.8 Å². The maximum Gasteiger partial charge on any atom is 0.241 e. The van der Waals surface area contributed by atoms with Crippen LogP contribution in [0.3, 0.4) is 0 Å². The Hall–Kier alpha value is -1.58. The summed E-state index contributed by atoms with van der Waals surface area (Å²) in [7, 11) is 0. The van der Waals surface area contributed by atoms with Crippen LogP contribution in [-0.4, -0.2) is 37.7 Å². The Balaban J connectivity index is 0.00000131. The van der Waals surface area contributed by atoms with Crippen LogP contribution in [0.4, 0.5) is 4.39 Å². The fourth-order valence-electron chi connectivity index (χ4n) is 3.44. The predicted octanol–water partition coefficient (Wildman–Crippen LogP) is 3.42. The third-order valence-electron chi connectivity index (χ3n) is 4.78. The number of nitrogens with zero attached hydrogens (tertiary/aromatic N) is 4. The lowest BCUT2D eigenvalue weighted by Crippen LogP contribution is -2.29. The zero-order valence-corrected chi connectivity index (χ0v) is 18.1. The third kappa shape index (κ3) is 4.83. The minimum absolute atomic E-state index is 0. The second-order valence-electron chi connectivity index (χ2n) is 6.51. The number of rotatable bonds is 4. The zero-order valence-electron chi connectivity index (χ0n) is 14.6. The summed E-state index contributed by atoms with van der Waals surface area (Å²) in [5, 5.41) is 13.6. The molecule has 4 rings (SSSR count). The van der Waals surface area contributed by atoms with Crippen molar-refractivity contribution in [2.75, 3.05) is 13.1 Å². The van der Waals surface area contributed by atoms with Crippen LogP contribution in [0.15, 0.2) is 30.6 Å². The summed E-state index contributed by atoms with van der Waals surface area (Å²) in [6.07, 6.45) is 4.37. The first-order valence-corrected chi connectivity index (χ1v) is 8.55. The van der Waals surface area contributed by atoms with Crippen LogP contribution in [0.1, 0.15) is 24.2 Å². The molecule has 1 aliphatic heterocycles. The molecule has 1 fully saturated rings. The van der Waals surface area contributed by atoms with Crippen LogP contribution in [0.5, 0.6) is 5.88 Å². The van der Waals surface area contributed by atoms with E-state index in [1.54, 1.807) is 12.1 Å². The van der Waals surface area contributed by atoms with Gasteiger partial charge in [-0.1, -0.05) is 12.1 Å². The van der Waals surface area contributed by atoms with E-state index in [0.717, 1.165) is 43.7 Å². The highest BCUT2D eigenvalue weighted by Gasteiger charge is 2.21. The molecule has 0 atom stereocenters. The van der Waals surface area contributed by atoms with Gasteiger partial charge in [0, 0.05) is 13.0 Å². The summed E-state index contributed by atoms with van der Waals surface area (Å²) in [5.41, 5.74) is 1.98. The Labute approximate surface area is 177 Å². The summed E-state index contributed by atoms with van der Waals surface area (Å²) in [6, 6.07) is 6.38. The maximum absolute atomic E-state index is 13.2. The molecule has 3 heterocycles. The molecule has 27 heavy (non-hydrogen) atoms. The van der Waals surface area contributed by atoms with Crippen molar-refractivity contribution in [1.29, 1.82) is 0 Å². The lowest BCUT2D eigenvalue weighted by Gasteiger charge is -2.22. The quantitative estimate of drug-likeness (QED) is 0.571. The summed E-state index contributed by atoms with van der Waals surface area (Å²) in [5.74, 6) is 1.11. The molecule has 1 saturated heterocycles. The van der Waals surface area contributed by atoms with Gasteiger partial charge in [-0.05, 0) is 49.5 Å². The number of halogens is 3. The van der Waals surface area contributed by atoms with Gasteiger partial charge in [0.2, 0.25) is 5.88 Å². The lowest BCUT2D eigenvalue weighted by atomic mass is 9.94. The molecule has 2 N–H and O–H groups in total. The molecule has 0 radical (unpaired) electrons. The van der Waals surface area contributed by atoms with Gasteiger partial charge < -0.3 is 15.0 Å². The van der Waals surface area contributed by atoms with E-state index < -0.39 is 0 Å². The fourth-order valence-corrected chi connectivity index (χ4v) is 3.44. The molecule has 146 valence electrons. The maximum atomic E-state index is 13.2. The number of imidazole rings is 1. The van der Waals surface area contributed by atoms with Crippen molar-refractivity contribution < 1.29 is 9.50 Å². The second-order valence-corrected chi connectivity index (χ2v) is 6.51. The largest absolute Gasteiger partial charge is 0.492 e. The highest BCUT2D eigenvalue weighted by atomic mass is 79.9. The monoisotopic (exact) mass is 501 g/mol. The molecule has 0 spiro atoms. The standard InChI is InChI=1S/C18H20FN5O.2BrH/c19-14-3-1-13(2-4-14)10-24-15(9-12-5-7-20-8-6-12)23-17-16(24)18(25)22-11-21-17;;/h1-4,11-12,20H,5-10H2,(H,21,22,25);2*1H. The van der Waals surface area contributed by atoms with Crippen LogP contribution < -0.4 is 5.32 Å². The molecule has 0 amide bonds. The Morgan fingerprint density at radius 2 is 1.81 bits per heavy atom. The van der Waals surface area contributed by atoms with E-state index in [0.29, 0.717) is 23.6 Å². The molecule has 0 bridgehead atoms. The average molecular weight is 503 g/mol. The van der Waals surface area contributed by atoms with Crippen molar-refractivity contribution in [1.82, 2.24) is 24.8 Å². The number of nitrogens with one attached hydrogen (secondary N) is 1. The number of hydrogen-bond acceptors (Lipinski definition) is 5. The highest BCUT2D eigenvalue weighted by Crippen LogP contribution is 2.26. The molecule has 1 aliphatic rings. The van der Waals surface area contributed by atoms with Crippen LogP contribution in [0, 0.1) is 11.7 Å². The van der Waals surface area contributed by atoms with Crippen LogP contribution in [0.25, 0.3) is 11.2 Å². The van der Waals surface area contributed by atoms with E-state index >= 15 is 0 Å². The van der Waals surface area contributed by atoms with Gasteiger partial charge in [0.15, 0.2) is 11.2 Å². The van der Waals surface area contributed by atoms with Gasteiger partial charge in [-0.25, -0.2) is 14.4 Å². The molecule has 3 aromatic rings. The van der Waals surface area contributed by atoms with E-state index in [1.807, 2.05) is 4.57 Å². The molecular weight excluding hydrogens is 481 g/mol. The number of aromatic nitrogens is 4. The topological polar surface area (TPSA) is 75.9 Å². The smallest absolute Gasteiger partial charge is 0.241 e. The van der Waals surface area contributed by atoms with Crippen molar-refractivity contribution in [3.05, 3.63) is 47.8 Å². The molecule has 0 aliphatic carbocycles. The summed E-state index contributed by atoms with van der Waals surface area (Å²) in [6.45, 7) is 2.54. The summed E-state index contributed by atoms with van der Waals surface area (Å²) < 4.78 is 15.1. The Bertz CT molecular complexity index is 881. The van der Waals surface area contributed by atoms with Crippen molar-refractivity contribution in [2.24, 2.45) is 5.92 Å². The first-order valence-electron chi connectivity index (χ1n) is 8.55. The third-order valence-corrected chi connectivity index (χ3v) is 4.78. The summed E-state index contributed by atoms with van der Waals surface area (Å²) in [4.78, 5) is 12.7. The molecule has 0 unspecified atom stereocenters. The van der Waals surface area contributed by atoms with Gasteiger partial charge in [0.05, 0.1) is 0 Å².